The third kappa shape index (κ3) is 5.05. The predicted molar refractivity (Wildman–Crippen MR) is 112 cm³/mol. The first-order valence-corrected chi connectivity index (χ1v) is 9.72. The summed E-state index contributed by atoms with van der Waals surface area (Å²) in [6.45, 7) is 6.30. The maximum atomic E-state index is 6.21. The highest BCUT2D eigenvalue weighted by molar-refractivity contribution is 7.80. The predicted octanol–water partition coefficient (Wildman–Crippen LogP) is 4.41. The largest absolute Gasteiger partial charge is 0.356 e. The summed E-state index contributed by atoms with van der Waals surface area (Å²) in [6.07, 6.45) is 2.42. The van der Waals surface area contributed by atoms with Gasteiger partial charge in [-0.2, -0.15) is 4.98 Å². The van der Waals surface area contributed by atoms with Crippen LogP contribution in [0.5, 0.6) is 0 Å². The Labute approximate surface area is 165 Å². The van der Waals surface area contributed by atoms with Crippen molar-refractivity contribution in [2.75, 3.05) is 23.3 Å². The number of halogens is 1. The molecule has 5 nitrogen and oxygen atoms in total. The topological polar surface area (TPSA) is 53.1 Å². The number of hydrogen-bond acceptors (Lipinski definition) is 4. The van der Waals surface area contributed by atoms with Gasteiger partial charge in [-0.05, 0) is 43.5 Å². The van der Waals surface area contributed by atoms with Crippen molar-refractivity contribution in [3.05, 3.63) is 47.1 Å². The van der Waals surface area contributed by atoms with Crippen LogP contribution in [-0.4, -0.2) is 28.2 Å². The summed E-state index contributed by atoms with van der Waals surface area (Å²) >= 11 is 11.6. The molecule has 0 radical (unpaired) electrons. The van der Waals surface area contributed by atoms with Crippen molar-refractivity contribution >= 4 is 40.7 Å². The van der Waals surface area contributed by atoms with Crippen LogP contribution in [-0.2, 0) is 0 Å². The van der Waals surface area contributed by atoms with Gasteiger partial charge in [0.05, 0.1) is 6.04 Å². The average molecular weight is 390 g/mol. The number of rotatable bonds is 4. The highest BCUT2D eigenvalue weighted by atomic mass is 35.5. The van der Waals surface area contributed by atoms with Gasteiger partial charge in [0.25, 0.3) is 0 Å². The van der Waals surface area contributed by atoms with Crippen LogP contribution in [0.4, 0.5) is 11.8 Å². The van der Waals surface area contributed by atoms with Crippen molar-refractivity contribution in [1.29, 1.82) is 0 Å². The Bertz CT molecular complexity index is 755. The first-order chi connectivity index (χ1) is 12.5. The minimum absolute atomic E-state index is 0.0813. The smallest absolute Gasteiger partial charge is 0.232 e. The molecule has 0 saturated carbocycles. The molecule has 1 aromatic heterocycles. The van der Waals surface area contributed by atoms with Crippen molar-refractivity contribution in [3.8, 4) is 0 Å². The third-order valence-corrected chi connectivity index (χ3v) is 4.95. The van der Waals surface area contributed by atoms with Crippen LogP contribution in [0, 0.1) is 5.92 Å². The van der Waals surface area contributed by atoms with Crippen molar-refractivity contribution in [1.82, 2.24) is 15.3 Å². The summed E-state index contributed by atoms with van der Waals surface area (Å²) in [5, 5.41) is 7.20. The fraction of sp³-hybridized carbons (Fsp3) is 0.421. The molecule has 0 amide bonds. The number of nitrogens with one attached hydrogen (secondary N) is 2. The quantitative estimate of drug-likeness (QED) is 0.596. The second-order valence-electron chi connectivity index (χ2n) is 6.80. The number of aromatic nitrogens is 2. The molecule has 1 aromatic carbocycles. The van der Waals surface area contributed by atoms with Crippen LogP contribution in [0.25, 0.3) is 0 Å². The van der Waals surface area contributed by atoms with Gasteiger partial charge in [-0.3, -0.25) is 0 Å². The van der Waals surface area contributed by atoms with Crippen LogP contribution in [0.3, 0.4) is 0 Å². The van der Waals surface area contributed by atoms with Crippen LogP contribution < -0.4 is 15.5 Å². The Balaban J connectivity index is 1.66. The van der Waals surface area contributed by atoms with E-state index in [4.69, 9.17) is 23.8 Å². The van der Waals surface area contributed by atoms with E-state index in [0.717, 1.165) is 24.5 Å². The number of nitrogens with zero attached hydrogens (tertiary/aromatic N) is 3. The van der Waals surface area contributed by atoms with E-state index >= 15 is 0 Å². The number of piperidine rings is 1. The lowest BCUT2D eigenvalue weighted by Gasteiger charge is -2.32. The minimum atomic E-state index is 0.0813. The number of anilines is 2. The molecule has 1 aliphatic heterocycles. The second kappa shape index (κ2) is 8.64. The Morgan fingerprint density at radius 2 is 2.08 bits per heavy atom. The molecule has 0 unspecified atom stereocenters. The van der Waals surface area contributed by atoms with Gasteiger partial charge in [-0.25, -0.2) is 4.98 Å². The van der Waals surface area contributed by atoms with Crippen LogP contribution >= 0.6 is 23.8 Å². The molecule has 138 valence electrons. The first-order valence-electron chi connectivity index (χ1n) is 8.93. The second-order valence-corrected chi connectivity index (χ2v) is 7.59. The Kier molecular flexibility index (Phi) is 6.27. The van der Waals surface area contributed by atoms with Gasteiger partial charge in [-0.15, -0.1) is 0 Å². The Morgan fingerprint density at radius 3 is 2.81 bits per heavy atom. The molecule has 2 atom stereocenters. The minimum Gasteiger partial charge on any atom is -0.356 e. The highest BCUT2D eigenvalue weighted by Gasteiger charge is 2.19. The zero-order valence-corrected chi connectivity index (χ0v) is 16.6. The standard InChI is InChI=1S/C19H24ClN5S/c1-13-7-6-10-25(12-13)17-11-16(20)22-18(23-17)24-19(26)21-14(2)15-8-4-3-5-9-15/h3-5,8-9,11,13-14H,6-7,10,12H2,1-2H3,(H2,21,22,23,24,26)/t13-,14-/m1/s1. The molecule has 3 rings (SSSR count). The van der Waals surface area contributed by atoms with Gasteiger partial charge in [0.15, 0.2) is 5.11 Å². The molecule has 0 bridgehead atoms. The summed E-state index contributed by atoms with van der Waals surface area (Å²) in [5.74, 6) is 1.92. The molecule has 0 spiro atoms. The van der Waals surface area contributed by atoms with Crippen molar-refractivity contribution in [2.45, 2.75) is 32.7 Å². The zero-order chi connectivity index (χ0) is 18.5. The highest BCUT2D eigenvalue weighted by Crippen LogP contribution is 2.24. The summed E-state index contributed by atoms with van der Waals surface area (Å²) < 4.78 is 0. The van der Waals surface area contributed by atoms with E-state index in [2.05, 4.69) is 51.5 Å². The molecule has 1 aliphatic rings. The molecular formula is C19H24ClN5S. The van der Waals surface area contributed by atoms with E-state index in [1.54, 1.807) is 0 Å². The molecule has 7 heteroatoms. The molecule has 1 fully saturated rings. The molecular weight excluding hydrogens is 366 g/mol. The third-order valence-electron chi connectivity index (χ3n) is 4.53. The number of benzene rings is 1. The lowest BCUT2D eigenvalue weighted by Crippen LogP contribution is -2.35. The van der Waals surface area contributed by atoms with Gasteiger partial charge >= 0.3 is 0 Å². The zero-order valence-electron chi connectivity index (χ0n) is 15.1. The van der Waals surface area contributed by atoms with E-state index in [1.807, 2.05) is 24.3 Å². The Morgan fingerprint density at radius 1 is 1.31 bits per heavy atom. The molecule has 1 saturated heterocycles. The van der Waals surface area contributed by atoms with E-state index in [0.29, 0.717) is 22.1 Å². The van der Waals surface area contributed by atoms with E-state index in [-0.39, 0.29) is 6.04 Å². The monoisotopic (exact) mass is 389 g/mol. The average Bonchev–Trinajstić information content (AvgIpc) is 2.62. The fourth-order valence-corrected chi connectivity index (χ4v) is 3.63. The Hall–Kier alpha value is -1.92. The maximum Gasteiger partial charge on any atom is 0.232 e. The summed E-state index contributed by atoms with van der Waals surface area (Å²) in [7, 11) is 0. The van der Waals surface area contributed by atoms with E-state index < -0.39 is 0 Å². The number of thiocarbonyl (C=S) groups is 1. The lowest BCUT2D eigenvalue weighted by atomic mass is 10.0. The van der Waals surface area contributed by atoms with Gasteiger partial charge in [0.1, 0.15) is 11.0 Å². The van der Waals surface area contributed by atoms with Gasteiger partial charge in [0, 0.05) is 19.2 Å². The molecule has 0 aliphatic carbocycles. The van der Waals surface area contributed by atoms with E-state index in [1.165, 1.54) is 12.8 Å². The normalized spacial score (nSPS) is 18.3. The fourth-order valence-electron chi connectivity index (χ4n) is 3.18. The van der Waals surface area contributed by atoms with Crippen LogP contribution in [0.2, 0.25) is 5.15 Å². The first kappa shape index (κ1) is 18.9. The lowest BCUT2D eigenvalue weighted by molar-refractivity contribution is 0.444. The molecule has 2 N–H and O–H groups in total. The summed E-state index contributed by atoms with van der Waals surface area (Å²) in [6, 6.07) is 12.0. The molecule has 2 aromatic rings. The van der Waals surface area contributed by atoms with Crippen molar-refractivity contribution < 1.29 is 0 Å². The van der Waals surface area contributed by atoms with Crippen molar-refractivity contribution in [3.63, 3.8) is 0 Å². The molecule has 2 heterocycles. The van der Waals surface area contributed by atoms with Gasteiger partial charge < -0.3 is 15.5 Å². The van der Waals surface area contributed by atoms with E-state index in [9.17, 15) is 0 Å². The molecule has 26 heavy (non-hydrogen) atoms. The van der Waals surface area contributed by atoms with Crippen LogP contribution in [0.15, 0.2) is 36.4 Å². The van der Waals surface area contributed by atoms with Gasteiger partial charge in [-0.1, -0.05) is 48.9 Å². The van der Waals surface area contributed by atoms with Crippen LogP contribution in [0.1, 0.15) is 38.3 Å². The summed E-state index contributed by atoms with van der Waals surface area (Å²) in [5.41, 5.74) is 1.16. The number of hydrogen-bond donors (Lipinski definition) is 2. The SMILES string of the molecule is C[C@@H]1CCCN(c2cc(Cl)nc(NC(=S)N[C@H](C)c3ccccc3)n2)C1. The maximum absolute atomic E-state index is 6.21. The summed E-state index contributed by atoms with van der Waals surface area (Å²) in [4.78, 5) is 11.1. The van der Waals surface area contributed by atoms with Crippen molar-refractivity contribution in [2.24, 2.45) is 5.92 Å². The van der Waals surface area contributed by atoms with Gasteiger partial charge in [0.2, 0.25) is 5.95 Å².